The van der Waals surface area contributed by atoms with Crippen molar-refractivity contribution in [1.29, 1.82) is 5.26 Å². The average molecular weight is 307 g/mol. The number of benzene rings is 2. The van der Waals surface area contributed by atoms with Gasteiger partial charge < -0.3 is 4.74 Å². The molecular weight excluding hydrogens is 299 g/mol. The van der Waals surface area contributed by atoms with E-state index in [-0.39, 0.29) is 23.6 Å². The summed E-state index contributed by atoms with van der Waals surface area (Å²) in [5.74, 6) is -0.491. The average Bonchev–Trinajstić information content (AvgIpc) is 2.46. The molecule has 0 amide bonds. The number of nitro benzene ring substituents is 1. The highest BCUT2D eigenvalue weighted by molar-refractivity contribution is 6.31. The van der Waals surface area contributed by atoms with Gasteiger partial charge in [0.25, 0.3) is 5.69 Å². The second kappa shape index (κ2) is 6.20. The largest absolute Gasteiger partial charge is 0.489 e. The Hall–Kier alpha value is -2.65. The number of nitriles is 1. The maximum Gasteiger partial charge on any atom is 0.269 e. The van der Waals surface area contributed by atoms with Crippen molar-refractivity contribution < 1.29 is 14.1 Å². The van der Waals surface area contributed by atoms with Crippen molar-refractivity contribution in [3.8, 4) is 11.8 Å². The third-order valence-corrected chi connectivity index (χ3v) is 3.06. The van der Waals surface area contributed by atoms with Gasteiger partial charge in [-0.2, -0.15) is 5.26 Å². The molecule has 0 radical (unpaired) electrons. The van der Waals surface area contributed by atoms with Crippen LogP contribution in [0.2, 0.25) is 5.02 Å². The molecule has 2 rings (SSSR count). The van der Waals surface area contributed by atoms with Crippen LogP contribution in [0.15, 0.2) is 36.4 Å². The highest BCUT2D eigenvalue weighted by atomic mass is 35.5. The first kappa shape index (κ1) is 14.8. The topological polar surface area (TPSA) is 76.2 Å². The fraction of sp³-hybridized carbons (Fsp3) is 0.0714. The van der Waals surface area contributed by atoms with Gasteiger partial charge in [0, 0.05) is 28.8 Å². The summed E-state index contributed by atoms with van der Waals surface area (Å²) in [5.41, 5.74) is 0.218. The second-order valence-electron chi connectivity index (χ2n) is 4.07. The van der Waals surface area contributed by atoms with Crippen molar-refractivity contribution in [3.05, 3.63) is 68.5 Å². The van der Waals surface area contributed by atoms with E-state index in [2.05, 4.69) is 0 Å². The maximum atomic E-state index is 13.4. The van der Waals surface area contributed by atoms with Crippen LogP contribution >= 0.6 is 11.6 Å². The molecule has 0 heterocycles. The molecule has 106 valence electrons. The Bertz CT molecular complexity index is 743. The highest BCUT2D eigenvalue weighted by Crippen LogP contribution is 2.24. The predicted molar refractivity (Wildman–Crippen MR) is 73.6 cm³/mol. The molecule has 0 aromatic heterocycles. The van der Waals surface area contributed by atoms with Crippen LogP contribution in [0.4, 0.5) is 10.1 Å². The van der Waals surface area contributed by atoms with Crippen LogP contribution in [-0.2, 0) is 6.61 Å². The lowest BCUT2D eigenvalue weighted by molar-refractivity contribution is -0.384. The Kier molecular flexibility index (Phi) is 4.36. The predicted octanol–water partition coefficient (Wildman–Crippen LogP) is 3.84. The van der Waals surface area contributed by atoms with Gasteiger partial charge in [0.2, 0.25) is 0 Å². The molecule has 0 saturated heterocycles. The standard InChI is InChI=1S/C14H8ClFN2O3/c15-13-4-2-11(18(19)20)5-10(13)8-21-12-3-1-9(7-17)14(16)6-12/h1-6H,8H2. The van der Waals surface area contributed by atoms with E-state index < -0.39 is 10.7 Å². The number of rotatable bonds is 4. The molecule has 0 saturated carbocycles. The van der Waals surface area contributed by atoms with E-state index >= 15 is 0 Å². The van der Waals surface area contributed by atoms with Gasteiger partial charge in [-0.25, -0.2) is 4.39 Å². The number of hydrogen-bond acceptors (Lipinski definition) is 4. The smallest absolute Gasteiger partial charge is 0.269 e. The zero-order chi connectivity index (χ0) is 15.4. The van der Waals surface area contributed by atoms with Gasteiger partial charge in [-0.15, -0.1) is 0 Å². The zero-order valence-electron chi connectivity index (χ0n) is 10.5. The van der Waals surface area contributed by atoms with Crippen molar-refractivity contribution in [2.24, 2.45) is 0 Å². The fourth-order valence-corrected chi connectivity index (χ4v) is 1.79. The van der Waals surface area contributed by atoms with Crippen LogP contribution in [0, 0.1) is 27.3 Å². The zero-order valence-corrected chi connectivity index (χ0v) is 11.3. The Morgan fingerprint density at radius 1 is 1.33 bits per heavy atom. The van der Waals surface area contributed by atoms with Gasteiger partial charge in [0.15, 0.2) is 0 Å². The van der Waals surface area contributed by atoms with Crippen molar-refractivity contribution in [2.75, 3.05) is 0 Å². The Labute approximate surface area is 124 Å². The van der Waals surface area contributed by atoms with Crippen LogP contribution in [0.1, 0.15) is 11.1 Å². The summed E-state index contributed by atoms with van der Waals surface area (Å²) in [6.45, 7) is -0.0497. The van der Waals surface area contributed by atoms with E-state index in [0.29, 0.717) is 10.6 Å². The van der Waals surface area contributed by atoms with Crippen LogP contribution in [-0.4, -0.2) is 4.92 Å². The number of hydrogen-bond donors (Lipinski definition) is 0. The SMILES string of the molecule is N#Cc1ccc(OCc2cc([N+](=O)[O-])ccc2Cl)cc1F. The van der Waals surface area contributed by atoms with Gasteiger partial charge in [-0.05, 0) is 18.2 Å². The van der Waals surface area contributed by atoms with Gasteiger partial charge in [-0.3, -0.25) is 10.1 Å². The molecule has 2 aromatic rings. The minimum atomic E-state index is -0.694. The molecule has 0 aliphatic rings. The summed E-state index contributed by atoms with van der Waals surface area (Å²) in [7, 11) is 0. The van der Waals surface area contributed by atoms with Crippen LogP contribution in [0.3, 0.4) is 0 Å². The summed E-state index contributed by atoms with van der Waals surface area (Å²) >= 11 is 5.93. The van der Waals surface area contributed by atoms with E-state index in [1.165, 1.54) is 30.3 Å². The molecular formula is C14H8ClFN2O3. The summed E-state index contributed by atoms with van der Waals surface area (Å²) < 4.78 is 18.7. The maximum absolute atomic E-state index is 13.4. The summed E-state index contributed by atoms with van der Waals surface area (Å²) in [5, 5.41) is 19.6. The third kappa shape index (κ3) is 3.46. The first-order valence-electron chi connectivity index (χ1n) is 5.76. The minimum Gasteiger partial charge on any atom is -0.489 e. The quantitative estimate of drug-likeness (QED) is 0.635. The molecule has 5 nitrogen and oxygen atoms in total. The van der Waals surface area contributed by atoms with Gasteiger partial charge in [0.1, 0.15) is 24.2 Å². The molecule has 0 atom stereocenters. The highest BCUT2D eigenvalue weighted by Gasteiger charge is 2.11. The number of non-ortho nitro benzene ring substituents is 1. The Balaban J connectivity index is 2.16. The molecule has 0 unspecified atom stereocenters. The molecule has 0 spiro atoms. The van der Waals surface area contributed by atoms with Gasteiger partial charge >= 0.3 is 0 Å². The van der Waals surface area contributed by atoms with E-state index in [1.54, 1.807) is 6.07 Å². The minimum absolute atomic E-state index is 0.0497. The van der Waals surface area contributed by atoms with Crippen molar-refractivity contribution >= 4 is 17.3 Å². The fourth-order valence-electron chi connectivity index (χ4n) is 1.62. The van der Waals surface area contributed by atoms with E-state index in [4.69, 9.17) is 21.6 Å². The van der Waals surface area contributed by atoms with Crippen molar-refractivity contribution in [1.82, 2.24) is 0 Å². The third-order valence-electron chi connectivity index (χ3n) is 2.70. The number of halogens is 2. The lowest BCUT2D eigenvalue weighted by Gasteiger charge is -2.08. The number of nitro groups is 1. The Morgan fingerprint density at radius 2 is 2.10 bits per heavy atom. The first-order chi connectivity index (χ1) is 10.0. The van der Waals surface area contributed by atoms with Crippen molar-refractivity contribution in [2.45, 2.75) is 6.61 Å². The van der Waals surface area contributed by atoms with E-state index in [1.807, 2.05) is 0 Å². The van der Waals surface area contributed by atoms with Crippen LogP contribution < -0.4 is 4.74 Å². The monoisotopic (exact) mass is 306 g/mol. The Morgan fingerprint density at radius 3 is 2.71 bits per heavy atom. The molecule has 7 heteroatoms. The summed E-state index contributed by atoms with van der Waals surface area (Å²) in [6, 6.07) is 9.48. The lowest BCUT2D eigenvalue weighted by Crippen LogP contribution is -1.99. The summed E-state index contributed by atoms with van der Waals surface area (Å²) in [6.07, 6.45) is 0. The molecule has 0 fully saturated rings. The molecule has 0 bridgehead atoms. The molecule has 0 aliphatic heterocycles. The summed E-state index contributed by atoms with van der Waals surface area (Å²) in [4.78, 5) is 10.2. The van der Waals surface area contributed by atoms with E-state index in [0.717, 1.165) is 6.07 Å². The second-order valence-corrected chi connectivity index (χ2v) is 4.48. The molecule has 21 heavy (non-hydrogen) atoms. The van der Waals surface area contributed by atoms with Gasteiger partial charge in [0.05, 0.1) is 10.5 Å². The number of nitrogens with zero attached hydrogens (tertiary/aromatic N) is 2. The van der Waals surface area contributed by atoms with E-state index in [9.17, 15) is 14.5 Å². The van der Waals surface area contributed by atoms with Gasteiger partial charge in [-0.1, -0.05) is 11.6 Å². The normalized spacial score (nSPS) is 9.95. The van der Waals surface area contributed by atoms with Crippen LogP contribution in [0.5, 0.6) is 5.75 Å². The molecule has 0 aliphatic carbocycles. The van der Waals surface area contributed by atoms with Crippen molar-refractivity contribution in [3.63, 3.8) is 0 Å². The molecule has 2 aromatic carbocycles. The van der Waals surface area contributed by atoms with Crippen LogP contribution in [0.25, 0.3) is 0 Å². The first-order valence-corrected chi connectivity index (χ1v) is 6.14. The lowest BCUT2D eigenvalue weighted by atomic mass is 10.2. The number of ether oxygens (including phenoxy) is 1. The molecule has 0 N–H and O–H groups in total.